The molecule has 0 heterocycles. The lowest BCUT2D eigenvalue weighted by Gasteiger charge is -2.20. The van der Waals surface area contributed by atoms with Crippen LogP contribution in [0, 0.1) is 0 Å². The van der Waals surface area contributed by atoms with Gasteiger partial charge in [0.25, 0.3) is 0 Å². The SMILES string of the molecule is CCCC(C)NC(C)c1ccc(Br)cc1O. The predicted octanol–water partition coefficient (Wildman–Crippen LogP) is 3.99. The first-order chi connectivity index (χ1) is 7.54. The first kappa shape index (κ1) is 13.5. The molecule has 2 atom stereocenters. The third-order valence-corrected chi connectivity index (χ3v) is 3.21. The van der Waals surface area contributed by atoms with Crippen molar-refractivity contribution in [3.8, 4) is 5.75 Å². The van der Waals surface area contributed by atoms with Gasteiger partial charge in [0.1, 0.15) is 5.75 Å². The van der Waals surface area contributed by atoms with E-state index in [-0.39, 0.29) is 6.04 Å². The number of phenols is 1. The molecule has 0 saturated heterocycles. The molecule has 0 amide bonds. The van der Waals surface area contributed by atoms with Crippen molar-refractivity contribution < 1.29 is 5.11 Å². The molecule has 0 bridgehead atoms. The molecule has 2 unspecified atom stereocenters. The van der Waals surface area contributed by atoms with Crippen LogP contribution in [0.15, 0.2) is 22.7 Å². The van der Waals surface area contributed by atoms with Gasteiger partial charge in [0.2, 0.25) is 0 Å². The van der Waals surface area contributed by atoms with Gasteiger partial charge in [0, 0.05) is 22.1 Å². The van der Waals surface area contributed by atoms with Crippen molar-refractivity contribution >= 4 is 15.9 Å². The third-order valence-electron chi connectivity index (χ3n) is 2.72. The molecule has 2 nitrogen and oxygen atoms in total. The molecule has 0 aliphatic rings. The average Bonchev–Trinajstić information content (AvgIpc) is 2.17. The van der Waals surface area contributed by atoms with Gasteiger partial charge in [0.05, 0.1) is 0 Å². The Labute approximate surface area is 106 Å². The molecule has 3 heteroatoms. The summed E-state index contributed by atoms with van der Waals surface area (Å²) < 4.78 is 0.905. The molecule has 0 aromatic heterocycles. The lowest BCUT2D eigenvalue weighted by Crippen LogP contribution is -2.28. The number of hydrogen-bond donors (Lipinski definition) is 2. The van der Waals surface area contributed by atoms with Gasteiger partial charge in [-0.15, -0.1) is 0 Å². The molecule has 0 spiro atoms. The molecule has 0 fully saturated rings. The number of nitrogens with one attached hydrogen (secondary N) is 1. The zero-order valence-corrected chi connectivity index (χ0v) is 11.7. The van der Waals surface area contributed by atoms with E-state index in [2.05, 4.69) is 42.0 Å². The molecular formula is C13H20BrNO. The van der Waals surface area contributed by atoms with E-state index < -0.39 is 0 Å². The van der Waals surface area contributed by atoms with Crippen molar-refractivity contribution in [3.63, 3.8) is 0 Å². The van der Waals surface area contributed by atoms with E-state index in [4.69, 9.17) is 0 Å². The maximum Gasteiger partial charge on any atom is 0.121 e. The minimum absolute atomic E-state index is 0.176. The van der Waals surface area contributed by atoms with Crippen molar-refractivity contribution in [2.75, 3.05) is 0 Å². The second-order valence-corrected chi connectivity index (χ2v) is 5.20. The topological polar surface area (TPSA) is 32.3 Å². The van der Waals surface area contributed by atoms with E-state index in [1.807, 2.05) is 12.1 Å². The lowest BCUT2D eigenvalue weighted by atomic mass is 10.1. The highest BCUT2D eigenvalue weighted by Crippen LogP contribution is 2.27. The average molecular weight is 286 g/mol. The van der Waals surface area contributed by atoms with Crippen molar-refractivity contribution in [2.45, 2.75) is 45.7 Å². The monoisotopic (exact) mass is 285 g/mol. The summed E-state index contributed by atoms with van der Waals surface area (Å²) in [5.41, 5.74) is 0.950. The van der Waals surface area contributed by atoms with Crippen molar-refractivity contribution in [1.82, 2.24) is 5.32 Å². The highest BCUT2D eigenvalue weighted by atomic mass is 79.9. The summed E-state index contributed by atoms with van der Waals surface area (Å²) in [7, 11) is 0. The Morgan fingerprint density at radius 3 is 2.62 bits per heavy atom. The van der Waals surface area contributed by atoms with Crippen LogP contribution < -0.4 is 5.32 Å². The minimum atomic E-state index is 0.176. The van der Waals surface area contributed by atoms with E-state index in [0.29, 0.717) is 11.8 Å². The fourth-order valence-electron chi connectivity index (χ4n) is 1.92. The predicted molar refractivity (Wildman–Crippen MR) is 71.7 cm³/mol. The Morgan fingerprint density at radius 2 is 2.06 bits per heavy atom. The number of halogens is 1. The molecule has 90 valence electrons. The number of benzene rings is 1. The fourth-order valence-corrected chi connectivity index (χ4v) is 2.26. The van der Waals surface area contributed by atoms with Crippen LogP contribution >= 0.6 is 15.9 Å². The second-order valence-electron chi connectivity index (χ2n) is 4.28. The van der Waals surface area contributed by atoms with Gasteiger partial charge in [-0.2, -0.15) is 0 Å². The molecule has 0 aliphatic carbocycles. The summed E-state index contributed by atoms with van der Waals surface area (Å²) in [5.74, 6) is 0.345. The van der Waals surface area contributed by atoms with E-state index in [1.165, 1.54) is 6.42 Å². The molecule has 1 rings (SSSR count). The smallest absolute Gasteiger partial charge is 0.121 e. The van der Waals surface area contributed by atoms with Crippen LogP contribution in [-0.4, -0.2) is 11.1 Å². The molecular weight excluding hydrogens is 266 g/mol. The second kappa shape index (κ2) is 6.26. The molecule has 1 aromatic carbocycles. The van der Waals surface area contributed by atoms with Crippen LogP contribution in [0.2, 0.25) is 0 Å². The lowest BCUT2D eigenvalue weighted by molar-refractivity contribution is 0.423. The quantitative estimate of drug-likeness (QED) is 0.857. The standard InChI is InChI=1S/C13H20BrNO/c1-4-5-9(2)15-10(3)12-7-6-11(14)8-13(12)16/h6-10,15-16H,4-5H2,1-3H3. The minimum Gasteiger partial charge on any atom is -0.508 e. The zero-order chi connectivity index (χ0) is 12.1. The Balaban J connectivity index is 2.69. The summed E-state index contributed by atoms with van der Waals surface area (Å²) in [4.78, 5) is 0. The zero-order valence-electron chi connectivity index (χ0n) is 10.1. The van der Waals surface area contributed by atoms with Gasteiger partial charge in [-0.25, -0.2) is 0 Å². The third kappa shape index (κ3) is 3.80. The molecule has 0 aliphatic heterocycles. The summed E-state index contributed by atoms with van der Waals surface area (Å²) in [6.45, 7) is 6.44. The van der Waals surface area contributed by atoms with Gasteiger partial charge >= 0.3 is 0 Å². The van der Waals surface area contributed by atoms with Crippen molar-refractivity contribution in [1.29, 1.82) is 0 Å². The summed E-state index contributed by atoms with van der Waals surface area (Å²) >= 11 is 3.34. The highest BCUT2D eigenvalue weighted by Gasteiger charge is 2.12. The molecule has 16 heavy (non-hydrogen) atoms. The first-order valence-electron chi connectivity index (χ1n) is 5.79. The van der Waals surface area contributed by atoms with Crippen LogP contribution in [0.25, 0.3) is 0 Å². The largest absolute Gasteiger partial charge is 0.508 e. The van der Waals surface area contributed by atoms with Gasteiger partial charge in [-0.3, -0.25) is 0 Å². The number of rotatable bonds is 5. The van der Waals surface area contributed by atoms with Crippen LogP contribution in [0.3, 0.4) is 0 Å². The van der Waals surface area contributed by atoms with Crippen LogP contribution in [0.1, 0.15) is 45.2 Å². The van der Waals surface area contributed by atoms with Crippen molar-refractivity contribution in [2.24, 2.45) is 0 Å². The first-order valence-corrected chi connectivity index (χ1v) is 6.58. The van der Waals surface area contributed by atoms with E-state index in [1.54, 1.807) is 6.07 Å². The van der Waals surface area contributed by atoms with Crippen LogP contribution in [-0.2, 0) is 0 Å². The van der Waals surface area contributed by atoms with Crippen molar-refractivity contribution in [3.05, 3.63) is 28.2 Å². The molecule has 0 radical (unpaired) electrons. The number of aromatic hydroxyl groups is 1. The normalized spacial score (nSPS) is 14.8. The number of phenolic OH excluding ortho intramolecular Hbond substituents is 1. The summed E-state index contributed by atoms with van der Waals surface area (Å²) in [5, 5.41) is 13.3. The van der Waals surface area contributed by atoms with Gasteiger partial charge in [-0.1, -0.05) is 35.3 Å². The molecule has 2 N–H and O–H groups in total. The Hall–Kier alpha value is -0.540. The maximum absolute atomic E-state index is 9.83. The fraction of sp³-hybridized carbons (Fsp3) is 0.538. The van der Waals surface area contributed by atoms with Gasteiger partial charge in [-0.05, 0) is 32.4 Å². The highest BCUT2D eigenvalue weighted by molar-refractivity contribution is 9.10. The van der Waals surface area contributed by atoms with Crippen LogP contribution in [0.5, 0.6) is 5.75 Å². The van der Waals surface area contributed by atoms with E-state index in [9.17, 15) is 5.11 Å². The molecule has 1 aromatic rings. The van der Waals surface area contributed by atoms with Gasteiger partial charge in [0.15, 0.2) is 0 Å². The molecule has 0 saturated carbocycles. The van der Waals surface area contributed by atoms with E-state index >= 15 is 0 Å². The van der Waals surface area contributed by atoms with Gasteiger partial charge < -0.3 is 10.4 Å². The summed E-state index contributed by atoms with van der Waals surface area (Å²) in [6.07, 6.45) is 2.33. The maximum atomic E-state index is 9.83. The Bertz CT molecular complexity index is 341. The van der Waals surface area contributed by atoms with E-state index in [0.717, 1.165) is 16.5 Å². The number of hydrogen-bond acceptors (Lipinski definition) is 2. The Kier molecular flexibility index (Phi) is 5.29. The van der Waals surface area contributed by atoms with Crippen LogP contribution in [0.4, 0.5) is 0 Å². The Morgan fingerprint density at radius 1 is 1.38 bits per heavy atom. The summed E-state index contributed by atoms with van der Waals surface area (Å²) in [6, 6.07) is 6.29.